The maximum absolute atomic E-state index is 13.4. The van der Waals surface area contributed by atoms with Gasteiger partial charge in [0.2, 0.25) is 11.8 Å². The number of hydrogen-bond acceptors (Lipinski definition) is 5. The summed E-state index contributed by atoms with van der Waals surface area (Å²) in [5.74, 6) is 0.00195. The van der Waals surface area contributed by atoms with Gasteiger partial charge in [-0.25, -0.2) is 9.37 Å². The van der Waals surface area contributed by atoms with Crippen molar-refractivity contribution in [1.82, 2.24) is 19.7 Å². The van der Waals surface area contributed by atoms with Crippen LogP contribution in [0.25, 0.3) is 0 Å². The molecule has 2 amide bonds. The van der Waals surface area contributed by atoms with Crippen molar-refractivity contribution in [2.24, 2.45) is 0 Å². The molecule has 178 valence electrons. The Morgan fingerprint density at radius 1 is 0.971 bits per heavy atom. The van der Waals surface area contributed by atoms with Crippen molar-refractivity contribution in [1.29, 1.82) is 0 Å². The van der Waals surface area contributed by atoms with Crippen LogP contribution in [-0.4, -0.2) is 57.7 Å². The van der Waals surface area contributed by atoms with E-state index >= 15 is 0 Å². The van der Waals surface area contributed by atoms with Gasteiger partial charge in [-0.2, -0.15) is 0 Å². The Balaban J connectivity index is 1.45. The van der Waals surface area contributed by atoms with E-state index in [0.29, 0.717) is 51.7 Å². The van der Waals surface area contributed by atoms with Crippen molar-refractivity contribution in [3.63, 3.8) is 0 Å². The van der Waals surface area contributed by atoms with E-state index in [0.717, 1.165) is 11.1 Å². The Bertz CT molecular complexity index is 1140. The first kappa shape index (κ1) is 23.6. The zero-order valence-corrected chi connectivity index (χ0v) is 19.5. The maximum atomic E-state index is 13.4. The number of rotatable bonds is 7. The van der Waals surface area contributed by atoms with Gasteiger partial charge in [-0.3, -0.25) is 14.5 Å². The highest BCUT2D eigenvalue weighted by molar-refractivity contribution is 5.92. The second kappa shape index (κ2) is 10.6. The average Bonchev–Trinajstić information content (AvgIpc) is 3.28. The Morgan fingerprint density at radius 3 is 2.32 bits per heavy atom. The monoisotopic (exact) mass is 464 g/mol. The summed E-state index contributed by atoms with van der Waals surface area (Å²) < 4.78 is 19.0. The van der Waals surface area contributed by atoms with Crippen LogP contribution in [0.2, 0.25) is 0 Å². The maximum Gasteiger partial charge on any atom is 0.275 e. The third-order valence-corrected chi connectivity index (χ3v) is 5.95. The van der Waals surface area contributed by atoms with Gasteiger partial charge in [0.25, 0.3) is 5.91 Å². The zero-order chi connectivity index (χ0) is 24.1. The van der Waals surface area contributed by atoms with Crippen LogP contribution < -0.4 is 0 Å². The third-order valence-electron chi connectivity index (χ3n) is 5.95. The normalized spacial score (nSPS) is 14.0. The number of nitrogens with zero attached hydrogens (tertiary/aromatic N) is 4. The number of benzene rings is 2. The van der Waals surface area contributed by atoms with Gasteiger partial charge in [-0.15, -0.1) is 0 Å². The third kappa shape index (κ3) is 6.08. The molecule has 1 aliphatic heterocycles. The van der Waals surface area contributed by atoms with E-state index in [9.17, 15) is 14.0 Å². The van der Waals surface area contributed by atoms with E-state index < -0.39 is 0 Å². The van der Waals surface area contributed by atoms with Crippen LogP contribution in [0, 0.1) is 12.7 Å². The van der Waals surface area contributed by atoms with Crippen molar-refractivity contribution >= 4 is 11.8 Å². The second-order valence-electron chi connectivity index (χ2n) is 8.69. The molecule has 0 saturated carbocycles. The molecule has 4 rings (SSSR count). The number of amides is 2. The van der Waals surface area contributed by atoms with Crippen molar-refractivity contribution in [3.8, 4) is 0 Å². The van der Waals surface area contributed by atoms with Crippen molar-refractivity contribution in [2.45, 2.75) is 33.5 Å². The van der Waals surface area contributed by atoms with Gasteiger partial charge in [0.15, 0.2) is 5.69 Å². The fraction of sp³-hybridized carbons (Fsp3) is 0.346. The first-order valence-corrected chi connectivity index (χ1v) is 11.4. The van der Waals surface area contributed by atoms with Crippen molar-refractivity contribution in [3.05, 3.63) is 88.9 Å². The molecule has 7 nitrogen and oxygen atoms in total. The predicted octanol–water partition coefficient (Wildman–Crippen LogP) is 3.63. The van der Waals surface area contributed by atoms with E-state index in [4.69, 9.17) is 4.42 Å². The predicted molar refractivity (Wildman–Crippen MR) is 125 cm³/mol. The molecule has 0 bridgehead atoms. The molecule has 8 heteroatoms. The Hall–Kier alpha value is -3.52. The summed E-state index contributed by atoms with van der Waals surface area (Å²) in [5.41, 5.74) is 3.56. The van der Waals surface area contributed by atoms with E-state index in [1.165, 1.54) is 30.9 Å². The average molecular weight is 465 g/mol. The van der Waals surface area contributed by atoms with Gasteiger partial charge < -0.3 is 14.2 Å². The standard InChI is InChI=1S/C26H29FN4O3/c1-19-4-3-5-22(14-19)16-29(15-21-6-8-23(27)9-7-21)17-25-28-24(18-34-25)26(33)31-12-10-30(11-13-31)20(2)32/h3-9,14,18H,10-13,15-17H2,1-2H3. The van der Waals surface area contributed by atoms with Gasteiger partial charge >= 0.3 is 0 Å². The molecule has 1 aliphatic rings. The molecule has 0 radical (unpaired) electrons. The molecular formula is C26H29FN4O3. The number of carbonyl (C=O) groups is 2. The summed E-state index contributed by atoms with van der Waals surface area (Å²) in [6.07, 6.45) is 1.40. The summed E-state index contributed by atoms with van der Waals surface area (Å²) in [6, 6.07) is 14.7. The number of oxazole rings is 1. The van der Waals surface area contributed by atoms with Crippen molar-refractivity contribution < 1.29 is 18.4 Å². The van der Waals surface area contributed by atoms with Gasteiger partial charge in [0.1, 0.15) is 12.1 Å². The van der Waals surface area contributed by atoms with Crippen LogP contribution in [0.5, 0.6) is 0 Å². The highest BCUT2D eigenvalue weighted by Gasteiger charge is 2.25. The smallest absolute Gasteiger partial charge is 0.275 e. The van der Waals surface area contributed by atoms with Crippen LogP contribution in [0.4, 0.5) is 4.39 Å². The molecule has 1 fully saturated rings. The van der Waals surface area contributed by atoms with Crippen LogP contribution in [0.15, 0.2) is 59.2 Å². The number of hydrogen-bond donors (Lipinski definition) is 0. The number of aryl methyl sites for hydroxylation is 1. The Morgan fingerprint density at radius 2 is 1.65 bits per heavy atom. The van der Waals surface area contributed by atoms with E-state index in [-0.39, 0.29) is 23.3 Å². The first-order chi connectivity index (χ1) is 16.4. The SMILES string of the molecule is CC(=O)N1CCN(C(=O)c2coc(CN(Cc3ccc(F)cc3)Cc3cccc(C)c3)n2)CC1. The molecule has 0 aliphatic carbocycles. The van der Waals surface area contributed by atoms with Gasteiger partial charge in [0, 0.05) is 46.2 Å². The lowest BCUT2D eigenvalue weighted by Gasteiger charge is -2.33. The molecule has 34 heavy (non-hydrogen) atoms. The van der Waals surface area contributed by atoms with Gasteiger partial charge in [0.05, 0.1) is 6.54 Å². The van der Waals surface area contributed by atoms with Crippen molar-refractivity contribution in [2.75, 3.05) is 26.2 Å². The molecule has 0 atom stereocenters. The van der Waals surface area contributed by atoms with Gasteiger partial charge in [-0.05, 0) is 30.2 Å². The molecule has 2 heterocycles. The molecule has 0 spiro atoms. The van der Waals surface area contributed by atoms with Crippen LogP contribution in [0.3, 0.4) is 0 Å². The quantitative estimate of drug-likeness (QED) is 0.534. The topological polar surface area (TPSA) is 69.9 Å². The summed E-state index contributed by atoms with van der Waals surface area (Å²) in [5, 5.41) is 0. The highest BCUT2D eigenvalue weighted by atomic mass is 19.1. The molecule has 1 aromatic heterocycles. The van der Waals surface area contributed by atoms with E-state index in [2.05, 4.69) is 35.0 Å². The second-order valence-corrected chi connectivity index (χ2v) is 8.69. The Kier molecular flexibility index (Phi) is 7.37. The summed E-state index contributed by atoms with van der Waals surface area (Å²) in [7, 11) is 0. The fourth-order valence-corrected chi connectivity index (χ4v) is 4.14. The van der Waals surface area contributed by atoms with Crippen LogP contribution in [0.1, 0.15) is 40.0 Å². The molecule has 1 saturated heterocycles. The number of carbonyl (C=O) groups excluding carboxylic acids is 2. The summed E-state index contributed by atoms with van der Waals surface area (Å²) >= 11 is 0. The highest BCUT2D eigenvalue weighted by Crippen LogP contribution is 2.17. The Labute approximate surface area is 198 Å². The summed E-state index contributed by atoms with van der Waals surface area (Å²) in [4.78, 5) is 34.4. The molecule has 0 N–H and O–H groups in total. The minimum absolute atomic E-state index is 0.0191. The molecule has 2 aromatic carbocycles. The number of halogens is 1. The van der Waals surface area contributed by atoms with E-state index in [1.54, 1.807) is 21.9 Å². The first-order valence-electron chi connectivity index (χ1n) is 11.4. The van der Waals surface area contributed by atoms with Crippen LogP contribution in [-0.2, 0) is 24.4 Å². The van der Waals surface area contributed by atoms with Gasteiger partial charge in [-0.1, -0.05) is 42.0 Å². The molecule has 0 unspecified atom stereocenters. The lowest BCUT2D eigenvalue weighted by molar-refractivity contribution is -0.130. The zero-order valence-electron chi connectivity index (χ0n) is 19.5. The van der Waals surface area contributed by atoms with Crippen LogP contribution >= 0.6 is 0 Å². The minimum atomic E-state index is -0.269. The fourth-order valence-electron chi connectivity index (χ4n) is 4.14. The lowest BCUT2D eigenvalue weighted by Crippen LogP contribution is -2.50. The minimum Gasteiger partial charge on any atom is -0.447 e. The number of aromatic nitrogens is 1. The summed E-state index contributed by atoms with van der Waals surface area (Å²) in [6.45, 7) is 7.21. The molecular weight excluding hydrogens is 435 g/mol. The molecule has 3 aromatic rings. The number of piperazine rings is 1. The lowest BCUT2D eigenvalue weighted by atomic mass is 10.1. The van der Waals surface area contributed by atoms with E-state index in [1.807, 2.05) is 6.07 Å². The largest absolute Gasteiger partial charge is 0.447 e.